The van der Waals surface area contributed by atoms with Crippen LogP contribution in [0.25, 0.3) is 5.57 Å². The van der Waals surface area contributed by atoms with E-state index < -0.39 is 6.10 Å². The summed E-state index contributed by atoms with van der Waals surface area (Å²) in [4.78, 5) is 29.4. The molecule has 2 aliphatic rings. The summed E-state index contributed by atoms with van der Waals surface area (Å²) in [5.74, 6) is 0.568. The van der Waals surface area contributed by atoms with Crippen molar-refractivity contribution in [1.82, 2.24) is 10.2 Å². The number of ether oxygens (including phenoxy) is 1. The van der Waals surface area contributed by atoms with Crippen molar-refractivity contribution in [3.8, 4) is 5.75 Å². The Balaban J connectivity index is 1.43. The van der Waals surface area contributed by atoms with Gasteiger partial charge in [0.25, 0.3) is 5.91 Å². The van der Waals surface area contributed by atoms with E-state index in [-0.39, 0.29) is 18.4 Å². The predicted octanol–water partition coefficient (Wildman–Crippen LogP) is 3.10. The Kier molecular flexibility index (Phi) is 6.55. The number of amides is 2. The Hall–Kier alpha value is -3.28. The predicted molar refractivity (Wildman–Crippen MR) is 122 cm³/mol. The number of nitrogens with zero attached hydrogens (tertiary/aromatic N) is 2. The Morgan fingerprint density at radius 2 is 1.87 bits per heavy atom. The fraction of sp³-hybridized carbons (Fsp3) is 0.360. The average molecular weight is 420 g/mol. The molecule has 2 amide bonds. The van der Waals surface area contributed by atoms with Crippen LogP contribution < -0.4 is 15.0 Å². The van der Waals surface area contributed by atoms with Gasteiger partial charge in [0.2, 0.25) is 5.91 Å². The molecule has 4 rings (SSSR count). The lowest BCUT2D eigenvalue weighted by Crippen LogP contribution is -2.52. The van der Waals surface area contributed by atoms with Crippen molar-refractivity contribution in [2.75, 3.05) is 37.6 Å². The van der Waals surface area contributed by atoms with Gasteiger partial charge in [-0.1, -0.05) is 55.5 Å². The smallest absolute Gasteiger partial charge is 0.262 e. The molecule has 1 N–H and O–H groups in total. The van der Waals surface area contributed by atoms with Crippen LogP contribution in [0.3, 0.4) is 0 Å². The molecular formula is C25H29N3O3. The van der Waals surface area contributed by atoms with Crippen LogP contribution >= 0.6 is 0 Å². The fourth-order valence-electron chi connectivity index (χ4n) is 4.03. The summed E-state index contributed by atoms with van der Waals surface area (Å²) in [7, 11) is 0. The number of anilines is 1. The maximum atomic E-state index is 13.1. The van der Waals surface area contributed by atoms with Crippen molar-refractivity contribution in [2.45, 2.75) is 25.9 Å². The lowest BCUT2D eigenvalue weighted by Gasteiger charge is -2.36. The van der Waals surface area contributed by atoms with E-state index in [1.165, 1.54) is 11.1 Å². The number of hydrogen-bond acceptors (Lipinski definition) is 4. The molecule has 0 aromatic heterocycles. The Morgan fingerprint density at radius 3 is 2.61 bits per heavy atom. The molecule has 31 heavy (non-hydrogen) atoms. The van der Waals surface area contributed by atoms with Gasteiger partial charge >= 0.3 is 0 Å². The maximum absolute atomic E-state index is 13.1. The first-order chi connectivity index (χ1) is 15.2. The third kappa shape index (κ3) is 4.90. The first-order valence-corrected chi connectivity index (χ1v) is 11.0. The quantitative estimate of drug-likeness (QED) is 0.782. The second-order valence-corrected chi connectivity index (χ2v) is 7.93. The number of nitrogens with one attached hydrogen (secondary N) is 1. The minimum atomic E-state index is -0.625. The van der Waals surface area contributed by atoms with Crippen molar-refractivity contribution in [2.24, 2.45) is 0 Å². The van der Waals surface area contributed by atoms with E-state index in [0.717, 1.165) is 18.5 Å². The second-order valence-electron chi connectivity index (χ2n) is 7.93. The van der Waals surface area contributed by atoms with E-state index in [4.69, 9.17) is 4.74 Å². The normalized spacial score (nSPS) is 18.0. The summed E-state index contributed by atoms with van der Waals surface area (Å²) in [6, 6.07) is 17.9. The highest BCUT2D eigenvalue weighted by molar-refractivity contribution is 5.86. The highest BCUT2D eigenvalue weighted by atomic mass is 16.5. The maximum Gasteiger partial charge on any atom is 0.262 e. The molecule has 6 nitrogen and oxygen atoms in total. The molecule has 1 atom stereocenters. The van der Waals surface area contributed by atoms with Gasteiger partial charge < -0.3 is 19.9 Å². The molecule has 2 aromatic carbocycles. The van der Waals surface area contributed by atoms with Crippen LogP contribution in [0.5, 0.6) is 5.75 Å². The van der Waals surface area contributed by atoms with Gasteiger partial charge in [-0.05, 0) is 36.1 Å². The van der Waals surface area contributed by atoms with Crippen LogP contribution in [0.2, 0.25) is 0 Å². The molecule has 162 valence electrons. The molecular weight excluding hydrogens is 390 g/mol. The zero-order valence-corrected chi connectivity index (χ0v) is 17.9. The highest BCUT2D eigenvalue weighted by Gasteiger charge is 2.32. The van der Waals surface area contributed by atoms with Gasteiger partial charge in [0, 0.05) is 19.6 Å². The van der Waals surface area contributed by atoms with Crippen LogP contribution in [0.1, 0.15) is 25.3 Å². The van der Waals surface area contributed by atoms with Gasteiger partial charge in [0.1, 0.15) is 5.75 Å². The standard InChI is InChI=1S/C25H29N3O3/c1-2-14-26-25(30)23-17-28(21-10-6-7-11-22(21)31-23)18-24(29)27-15-12-20(13-16-27)19-8-4-3-5-9-19/h3-12,23H,2,13-18H2,1H3,(H,26,30)/t23-/m1/s1. The first kappa shape index (κ1) is 21.0. The van der Waals surface area contributed by atoms with Crippen LogP contribution in [0.15, 0.2) is 60.7 Å². The molecule has 2 heterocycles. The molecule has 0 saturated carbocycles. The number of hydrogen-bond donors (Lipinski definition) is 1. The van der Waals surface area contributed by atoms with Gasteiger partial charge in [0.05, 0.1) is 18.8 Å². The summed E-state index contributed by atoms with van der Waals surface area (Å²) in [5.41, 5.74) is 3.36. The van der Waals surface area contributed by atoms with Crippen molar-refractivity contribution in [1.29, 1.82) is 0 Å². The van der Waals surface area contributed by atoms with E-state index in [0.29, 0.717) is 31.9 Å². The molecule has 0 saturated heterocycles. The van der Waals surface area contributed by atoms with Gasteiger partial charge in [0.15, 0.2) is 6.10 Å². The Morgan fingerprint density at radius 1 is 1.10 bits per heavy atom. The van der Waals surface area contributed by atoms with Crippen LogP contribution in [0.4, 0.5) is 5.69 Å². The van der Waals surface area contributed by atoms with Crippen molar-refractivity contribution < 1.29 is 14.3 Å². The summed E-state index contributed by atoms with van der Waals surface area (Å²) in [6.45, 7) is 4.52. The van der Waals surface area contributed by atoms with Crippen molar-refractivity contribution >= 4 is 23.1 Å². The number of para-hydroxylation sites is 2. The molecule has 0 fully saturated rings. The van der Waals surface area contributed by atoms with Crippen LogP contribution in [-0.2, 0) is 9.59 Å². The largest absolute Gasteiger partial charge is 0.477 e. The molecule has 6 heteroatoms. The Bertz CT molecular complexity index is 957. The second kappa shape index (κ2) is 9.69. The van der Waals surface area contributed by atoms with E-state index in [1.807, 2.05) is 59.2 Å². The van der Waals surface area contributed by atoms with Crippen LogP contribution in [0, 0.1) is 0 Å². The minimum Gasteiger partial charge on any atom is -0.477 e. The molecule has 0 spiro atoms. The molecule has 0 bridgehead atoms. The zero-order valence-electron chi connectivity index (χ0n) is 17.9. The van der Waals surface area contributed by atoms with E-state index in [2.05, 4.69) is 23.5 Å². The molecule has 2 aromatic rings. The summed E-state index contributed by atoms with van der Waals surface area (Å²) < 4.78 is 5.92. The number of fused-ring (bicyclic) bond motifs is 1. The highest BCUT2D eigenvalue weighted by Crippen LogP contribution is 2.33. The molecule has 0 unspecified atom stereocenters. The summed E-state index contributed by atoms with van der Waals surface area (Å²) in [6.07, 6.45) is 3.23. The van der Waals surface area contributed by atoms with E-state index >= 15 is 0 Å². The Labute approximate surface area is 183 Å². The zero-order chi connectivity index (χ0) is 21.6. The first-order valence-electron chi connectivity index (χ1n) is 11.0. The lowest BCUT2D eigenvalue weighted by molar-refractivity contribution is -0.130. The third-order valence-electron chi connectivity index (χ3n) is 5.74. The number of rotatable bonds is 6. The van der Waals surface area contributed by atoms with E-state index in [1.54, 1.807) is 0 Å². The van der Waals surface area contributed by atoms with Crippen molar-refractivity contribution in [3.05, 3.63) is 66.2 Å². The summed E-state index contributed by atoms with van der Waals surface area (Å²) >= 11 is 0. The lowest BCUT2D eigenvalue weighted by atomic mass is 9.99. The topological polar surface area (TPSA) is 61.9 Å². The fourth-order valence-corrected chi connectivity index (χ4v) is 4.03. The number of benzene rings is 2. The SMILES string of the molecule is CCCNC(=O)[C@H]1CN(CC(=O)N2CC=C(c3ccccc3)CC2)c2ccccc2O1. The average Bonchev–Trinajstić information content (AvgIpc) is 2.83. The third-order valence-corrected chi connectivity index (χ3v) is 5.74. The molecule has 0 aliphatic carbocycles. The number of carbonyl (C=O) groups excluding carboxylic acids is 2. The van der Waals surface area contributed by atoms with Gasteiger partial charge in [-0.15, -0.1) is 0 Å². The summed E-state index contributed by atoms with van der Waals surface area (Å²) in [5, 5.41) is 2.90. The van der Waals surface area contributed by atoms with Gasteiger partial charge in [-0.25, -0.2) is 0 Å². The van der Waals surface area contributed by atoms with Crippen LogP contribution in [-0.4, -0.2) is 55.5 Å². The van der Waals surface area contributed by atoms with Gasteiger partial charge in [-0.2, -0.15) is 0 Å². The van der Waals surface area contributed by atoms with Crippen molar-refractivity contribution in [3.63, 3.8) is 0 Å². The molecule has 2 aliphatic heterocycles. The van der Waals surface area contributed by atoms with Gasteiger partial charge in [-0.3, -0.25) is 9.59 Å². The molecule has 0 radical (unpaired) electrons. The van der Waals surface area contributed by atoms with E-state index in [9.17, 15) is 9.59 Å². The monoisotopic (exact) mass is 419 g/mol. The minimum absolute atomic E-state index is 0.0628. The number of carbonyl (C=O) groups is 2.